The Morgan fingerprint density at radius 1 is 1.07 bits per heavy atom. The van der Waals surface area contributed by atoms with Gasteiger partial charge in [-0.2, -0.15) is 0 Å². The normalized spacial score (nSPS) is 25.8. The van der Waals surface area contributed by atoms with Crippen molar-refractivity contribution in [3.05, 3.63) is 70.4 Å². The molecule has 2 aromatic carbocycles. The molecule has 0 radical (unpaired) electrons. The molecule has 0 saturated carbocycles. The minimum absolute atomic E-state index is 0.110. The summed E-state index contributed by atoms with van der Waals surface area (Å²) in [6.07, 6.45) is -2.72. The van der Waals surface area contributed by atoms with Gasteiger partial charge < -0.3 is 20.1 Å². The number of rotatable bonds is 4. The van der Waals surface area contributed by atoms with Crippen molar-refractivity contribution in [1.29, 1.82) is 0 Å². The first-order valence-corrected chi connectivity index (χ1v) is 9.75. The standard InChI is InChI=1S/C21H21FO4S/c22-16-6-5-13(21-18(25)10-17(24)19(11-23)26-21)7-14(16)9-15-8-12-3-1-2-4-20(12)27-15/h1-8,17-19,21,23-25H,9-11H2/t17-,18?,19?,21-/m0/s1. The SMILES string of the molecule is OCC1O[C@@H](c2ccc(F)c(Cc3cc4ccccc4s3)c2)C(O)C[C@@H]1O. The van der Waals surface area contributed by atoms with Gasteiger partial charge in [0.05, 0.1) is 18.8 Å². The van der Waals surface area contributed by atoms with E-state index in [9.17, 15) is 19.7 Å². The fourth-order valence-electron chi connectivity index (χ4n) is 3.58. The number of aliphatic hydroxyl groups is 3. The summed E-state index contributed by atoms with van der Waals surface area (Å²) >= 11 is 1.63. The molecule has 4 atom stereocenters. The van der Waals surface area contributed by atoms with Crippen molar-refractivity contribution in [1.82, 2.24) is 0 Å². The van der Waals surface area contributed by atoms with Gasteiger partial charge in [0.15, 0.2) is 0 Å². The molecule has 3 N–H and O–H groups in total. The summed E-state index contributed by atoms with van der Waals surface area (Å²) in [6.45, 7) is -0.333. The predicted molar refractivity (Wildman–Crippen MR) is 102 cm³/mol. The molecule has 142 valence electrons. The van der Waals surface area contributed by atoms with Gasteiger partial charge in [-0.15, -0.1) is 11.3 Å². The van der Waals surface area contributed by atoms with Crippen LogP contribution >= 0.6 is 11.3 Å². The fraction of sp³-hybridized carbons (Fsp3) is 0.333. The molecule has 0 amide bonds. The molecular weight excluding hydrogens is 367 g/mol. The summed E-state index contributed by atoms with van der Waals surface area (Å²) in [5.41, 5.74) is 1.17. The van der Waals surface area contributed by atoms with E-state index in [2.05, 4.69) is 6.07 Å². The summed E-state index contributed by atoms with van der Waals surface area (Å²) < 4.78 is 21.2. The Kier molecular flexibility index (Phi) is 5.25. The lowest BCUT2D eigenvalue weighted by atomic mass is 9.92. The van der Waals surface area contributed by atoms with E-state index in [1.54, 1.807) is 23.5 Å². The molecule has 2 unspecified atom stereocenters. The van der Waals surface area contributed by atoms with Crippen LogP contribution in [0.15, 0.2) is 48.5 Å². The van der Waals surface area contributed by atoms with Crippen LogP contribution in [0.1, 0.15) is 28.5 Å². The number of hydrogen-bond donors (Lipinski definition) is 3. The molecule has 0 aliphatic carbocycles. The smallest absolute Gasteiger partial charge is 0.126 e. The molecule has 1 fully saturated rings. The van der Waals surface area contributed by atoms with E-state index >= 15 is 0 Å². The third-order valence-electron chi connectivity index (χ3n) is 5.00. The Morgan fingerprint density at radius 2 is 1.89 bits per heavy atom. The number of benzene rings is 2. The van der Waals surface area contributed by atoms with Crippen LogP contribution in [0.3, 0.4) is 0 Å². The lowest BCUT2D eigenvalue weighted by Gasteiger charge is -2.36. The monoisotopic (exact) mass is 388 g/mol. The molecule has 0 bridgehead atoms. The summed E-state index contributed by atoms with van der Waals surface area (Å²) in [4.78, 5) is 1.06. The number of halogens is 1. The van der Waals surface area contributed by atoms with E-state index in [1.807, 2.05) is 24.3 Å². The zero-order valence-electron chi connectivity index (χ0n) is 14.6. The number of hydrogen-bond acceptors (Lipinski definition) is 5. The molecule has 1 aliphatic heterocycles. The van der Waals surface area contributed by atoms with Gasteiger partial charge in [-0.25, -0.2) is 4.39 Å². The van der Waals surface area contributed by atoms with E-state index in [0.717, 1.165) is 15.0 Å². The Balaban J connectivity index is 1.61. The van der Waals surface area contributed by atoms with Gasteiger partial charge in [-0.3, -0.25) is 0 Å². The van der Waals surface area contributed by atoms with Crippen LogP contribution in [0.2, 0.25) is 0 Å². The second kappa shape index (κ2) is 7.66. The van der Waals surface area contributed by atoms with E-state index in [0.29, 0.717) is 17.5 Å². The third kappa shape index (κ3) is 3.77. The second-order valence-electron chi connectivity index (χ2n) is 6.93. The molecule has 27 heavy (non-hydrogen) atoms. The first-order chi connectivity index (χ1) is 13.0. The van der Waals surface area contributed by atoms with Crippen molar-refractivity contribution in [3.8, 4) is 0 Å². The maximum Gasteiger partial charge on any atom is 0.126 e. The van der Waals surface area contributed by atoms with E-state index < -0.39 is 24.4 Å². The van der Waals surface area contributed by atoms with Crippen LogP contribution in [0.25, 0.3) is 10.1 Å². The van der Waals surface area contributed by atoms with Crippen molar-refractivity contribution >= 4 is 21.4 Å². The van der Waals surface area contributed by atoms with Crippen LogP contribution in [0.5, 0.6) is 0 Å². The number of thiophene rings is 1. The minimum atomic E-state index is -0.917. The molecular formula is C21H21FO4S. The third-order valence-corrected chi connectivity index (χ3v) is 6.12. The summed E-state index contributed by atoms with van der Waals surface area (Å²) in [7, 11) is 0. The largest absolute Gasteiger partial charge is 0.394 e. The maximum absolute atomic E-state index is 14.4. The lowest BCUT2D eigenvalue weighted by Crippen LogP contribution is -2.44. The van der Waals surface area contributed by atoms with Crippen LogP contribution in [0.4, 0.5) is 4.39 Å². The Bertz CT molecular complexity index is 908. The molecule has 4 nitrogen and oxygen atoms in total. The Hall–Kier alpha value is -1.83. The van der Waals surface area contributed by atoms with Crippen molar-refractivity contribution in [2.24, 2.45) is 0 Å². The van der Waals surface area contributed by atoms with E-state index in [1.165, 1.54) is 6.07 Å². The topological polar surface area (TPSA) is 69.9 Å². The van der Waals surface area contributed by atoms with Gasteiger partial charge >= 0.3 is 0 Å². The maximum atomic E-state index is 14.4. The van der Waals surface area contributed by atoms with Crippen LogP contribution in [-0.2, 0) is 11.2 Å². The first-order valence-electron chi connectivity index (χ1n) is 8.93. The highest BCUT2D eigenvalue weighted by Crippen LogP contribution is 2.34. The van der Waals surface area contributed by atoms with Crippen molar-refractivity contribution in [2.45, 2.75) is 37.3 Å². The highest BCUT2D eigenvalue weighted by Gasteiger charge is 2.36. The van der Waals surface area contributed by atoms with Gasteiger partial charge in [0.25, 0.3) is 0 Å². The summed E-state index contributed by atoms with van der Waals surface area (Å²) in [6, 6.07) is 14.8. The molecule has 6 heteroatoms. The van der Waals surface area contributed by atoms with Crippen molar-refractivity contribution < 1.29 is 24.4 Å². The van der Waals surface area contributed by atoms with E-state index in [4.69, 9.17) is 4.74 Å². The molecule has 3 aromatic rings. The zero-order chi connectivity index (χ0) is 19.0. The zero-order valence-corrected chi connectivity index (χ0v) is 15.4. The van der Waals surface area contributed by atoms with Crippen LogP contribution in [0, 0.1) is 5.82 Å². The van der Waals surface area contributed by atoms with Crippen LogP contribution < -0.4 is 0 Å². The molecule has 1 aromatic heterocycles. The molecule has 4 rings (SSSR count). The highest BCUT2D eigenvalue weighted by atomic mass is 32.1. The Morgan fingerprint density at radius 3 is 2.67 bits per heavy atom. The first kappa shape index (κ1) is 18.5. The Labute approximate surface area is 160 Å². The summed E-state index contributed by atoms with van der Waals surface area (Å²) in [5, 5.41) is 30.6. The van der Waals surface area contributed by atoms with Gasteiger partial charge in [0, 0.05) is 22.4 Å². The minimum Gasteiger partial charge on any atom is -0.394 e. The van der Waals surface area contributed by atoms with Gasteiger partial charge in [0.2, 0.25) is 0 Å². The molecule has 2 heterocycles. The van der Waals surface area contributed by atoms with E-state index in [-0.39, 0.29) is 18.8 Å². The molecule has 1 aliphatic rings. The average molecular weight is 388 g/mol. The highest BCUT2D eigenvalue weighted by molar-refractivity contribution is 7.19. The van der Waals surface area contributed by atoms with Crippen molar-refractivity contribution in [3.63, 3.8) is 0 Å². The number of aliphatic hydroxyl groups excluding tert-OH is 3. The van der Waals surface area contributed by atoms with Gasteiger partial charge in [-0.1, -0.05) is 24.3 Å². The molecule has 0 spiro atoms. The van der Waals surface area contributed by atoms with Crippen LogP contribution in [-0.4, -0.2) is 40.2 Å². The lowest BCUT2D eigenvalue weighted by molar-refractivity contribution is -0.181. The van der Waals surface area contributed by atoms with Gasteiger partial charge in [-0.05, 0) is 40.8 Å². The summed E-state index contributed by atoms with van der Waals surface area (Å²) in [5.74, 6) is -0.305. The average Bonchev–Trinajstić information content (AvgIpc) is 3.06. The second-order valence-corrected chi connectivity index (χ2v) is 8.09. The fourth-order valence-corrected chi connectivity index (χ4v) is 4.66. The number of fused-ring (bicyclic) bond motifs is 1. The number of ether oxygens (including phenoxy) is 1. The predicted octanol–water partition coefficient (Wildman–Crippen LogP) is 3.18. The van der Waals surface area contributed by atoms with Gasteiger partial charge in [0.1, 0.15) is 18.0 Å². The quantitative estimate of drug-likeness (QED) is 0.642. The van der Waals surface area contributed by atoms with Crippen molar-refractivity contribution in [2.75, 3.05) is 6.61 Å². The molecule has 1 saturated heterocycles.